The van der Waals surface area contributed by atoms with Gasteiger partial charge in [0.2, 0.25) is 5.91 Å². The number of nitriles is 1. The summed E-state index contributed by atoms with van der Waals surface area (Å²) >= 11 is 1.40. The number of alkyl halides is 2. The summed E-state index contributed by atoms with van der Waals surface area (Å²) < 4.78 is 47.3. The molecule has 2 saturated heterocycles. The second-order valence-electron chi connectivity index (χ2n) is 11.3. The summed E-state index contributed by atoms with van der Waals surface area (Å²) in [5, 5.41) is 13.0. The van der Waals surface area contributed by atoms with Gasteiger partial charge in [-0.05, 0) is 43.4 Å². The molecule has 12 heteroatoms. The molecule has 0 bridgehead atoms. The van der Waals surface area contributed by atoms with Gasteiger partial charge in [-0.25, -0.2) is 13.8 Å². The highest BCUT2D eigenvalue weighted by Crippen LogP contribution is 2.48. The average Bonchev–Trinajstić information content (AvgIpc) is 3.54. The van der Waals surface area contributed by atoms with E-state index in [1.807, 2.05) is 24.3 Å². The van der Waals surface area contributed by atoms with Crippen molar-refractivity contribution >= 4 is 38.7 Å². The highest BCUT2D eigenvalue weighted by Gasteiger charge is 2.48. The van der Waals surface area contributed by atoms with Gasteiger partial charge in [-0.2, -0.15) is 15.9 Å². The fourth-order valence-corrected chi connectivity index (χ4v) is 8.23. The lowest BCUT2D eigenvalue weighted by Gasteiger charge is -2.41. The van der Waals surface area contributed by atoms with Gasteiger partial charge in [0.05, 0.1) is 41.2 Å². The van der Waals surface area contributed by atoms with Crippen LogP contribution in [0.1, 0.15) is 50.1 Å². The molecule has 2 aliphatic heterocycles. The highest BCUT2D eigenvalue weighted by atomic mass is 32.3. The average molecular weight is 578 g/mol. The van der Waals surface area contributed by atoms with Gasteiger partial charge in [0.1, 0.15) is 5.54 Å². The van der Waals surface area contributed by atoms with Gasteiger partial charge in [-0.3, -0.25) is 13.9 Å². The van der Waals surface area contributed by atoms with Crippen molar-refractivity contribution in [3.63, 3.8) is 0 Å². The van der Waals surface area contributed by atoms with Crippen LogP contribution in [0.25, 0.3) is 10.4 Å². The number of halogens is 2. The van der Waals surface area contributed by atoms with Crippen molar-refractivity contribution in [3.8, 4) is 16.5 Å². The molecule has 4 fully saturated rings. The zero-order valence-corrected chi connectivity index (χ0v) is 23.2. The van der Waals surface area contributed by atoms with Crippen LogP contribution < -0.4 is 15.1 Å². The van der Waals surface area contributed by atoms with Crippen LogP contribution in [0.4, 0.5) is 19.6 Å². The Morgan fingerprint density at radius 3 is 2.38 bits per heavy atom. The summed E-state index contributed by atoms with van der Waals surface area (Å²) in [5.74, 6) is -2.58. The van der Waals surface area contributed by atoms with Gasteiger partial charge in [-0.15, -0.1) is 0 Å². The Kier molecular flexibility index (Phi) is 6.77. The van der Waals surface area contributed by atoms with Crippen molar-refractivity contribution in [2.24, 2.45) is 5.92 Å². The molecule has 3 N–H and O–H groups in total. The number of hydrogen-bond acceptors (Lipinski definition) is 8. The molecule has 0 unspecified atom stereocenters. The van der Waals surface area contributed by atoms with Crippen LogP contribution in [-0.2, 0) is 4.79 Å². The Bertz CT molecular complexity index is 1270. The Hall–Kier alpha value is -2.46. The molecule has 1 aromatic heterocycles. The molecule has 0 radical (unpaired) electrons. The number of thiazole rings is 1. The lowest BCUT2D eigenvalue weighted by molar-refractivity contribution is -0.127. The van der Waals surface area contributed by atoms with E-state index in [0.717, 1.165) is 41.1 Å². The molecular formula is C27H33F2N5O3S2. The van der Waals surface area contributed by atoms with Crippen molar-refractivity contribution in [3.05, 3.63) is 30.0 Å². The molecule has 39 heavy (non-hydrogen) atoms. The molecule has 3 heterocycles. The van der Waals surface area contributed by atoms with Crippen LogP contribution >= 0.6 is 21.9 Å². The second kappa shape index (κ2) is 9.87. The molecule has 1 aromatic carbocycles. The minimum atomic E-state index is -2.71. The molecule has 4 aliphatic rings. The molecular weight excluding hydrogens is 544 g/mol. The Balaban J connectivity index is 1.30. The molecule has 8 nitrogen and oxygen atoms in total. The number of amides is 1. The zero-order chi connectivity index (χ0) is 27.4. The summed E-state index contributed by atoms with van der Waals surface area (Å²) in [5.41, 5.74) is 1.96. The quantitative estimate of drug-likeness (QED) is 0.428. The van der Waals surface area contributed by atoms with Gasteiger partial charge in [-0.1, -0.05) is 36.3 Å². The predicted molar refractivity (Wildman–Crippen MR) is 150 cm³/mol. The maximum absolute atomic E-state index is 13.7. The van der Waals surface area contributed by atoms with Crippen LogP contribution in [0.5, 0.6) is 0 Å². The van der Waals surface area contributed by atoms with E-state index < -0.39 is 22.1 Å². The highest BCUT2D eigenvalue weighted by molar-refractivity contribution is 8.24. The standard InChI is InChI=1S/C27H33F2N5O3S2/c28-27(29)16-34(17-27)25-31-22(20-3-1-2-4-21(20)24(35)32-26(15-30)9-10-26)23(38-25)18-5-7-19(8-6-18)33-11-13-39(36,37)14-12-33/h5-8,20-21,36-37H,1-4,9-14,16-17H2,(H,32,35)/t20-,21-/m1/s1. The van der Waals surface area contributed by atoms with Crippen LogP contribution in [0.15, 0.2) is 24.3 Å². The van der Waals surface area contributed by atoms with Gasteiger partial charge < -0.3 is 15.1 Å². The number of carbonyl (C=O) groups is 1. The van der Waals surface area contributed by atoms with E-state index in [2.05, 4.69) is 16.3 Å². The van der Waals surface area contributed by atoms with Gasteiger partial charge in [0.15, 0.2) is 5.13 Å². The molecule has 0 spiro atoms. The first-order valence-corrected chi connectivity index (χ1v) is 16.2. The van der Waals surface area contributed by atoms with Crippen molar-refractivity contribution in [1.82, 2.24) is 10.3 Å². The third kappa shape index (κ3) is 5.46. The molecule has 2 atom stereocenters. The smallest absolute Gasteiger partial charge is 0.282 e. The summed E-state index contributed by atoms with van der Waals surface area (Å²) in [6.07, 6.45) is 4.71. The molecule has 210 valence electrons. The van der Waals surface area contributed by atoms with Crippen molar-refractivity contribution < 1.29 is 22.7 Å². The first-order valence-electron chi connectivity index (χ1n) is 13.5. The lowest BCUT2D eigenvalue weighted by atomic mass is 9.76. The number of carbonyl (C=O) groups excluding carboxylic acids is 1. The summed E-state index contributed by atoms with van der Waals surface area (Å²) in [7, 11) is -2.48. The van der Waals surface area contributed by atoms with Crippen molar-refractivity contribution in [1.29, 1.82) is 5.26 Å². The first kappa shape index (κ1) is 26.7. The normalized spacial score (nSPS) is 27.7. The SMILES string of the molecule is N#CC1(NC(=O)[C@@H]2CCCC[C@H]2c2nc(N3CC(F)(F)C3)sc2-c2ccc(N3CCS(O)(O)CC3)cc2)CC1. The molecule has 2 saturated carbocycles. The fraction of sp³-hybridized carbons (Fsp3) is 0.593. The van der Waals surface area contributed by atoms with E-state index in [1.165, 1.54) is 11.3 Å². The number of anilines is 2. The Morgan fingerprint density at radius 1 is 1.10 bits per heavy atom. The first-order chi connectivity index (χ1) is 18.6. The summed E-state index contributed by atoms with van der Waals surface area (Å²) in [4.78, 5) is 22.9. The number of hydrogen-bond donors (Lipinski definition) is 3. The molecule has 1 amide bonds. The largest absolute Gasteiger partial charge is 0.368 e. The van der Waals surface area contributed by atoms with Crippen LogP contribution in [0, 0.1) is 17.2 Å². The second-order valence-corrected chi connectivity index (χ2v) is 14.7. The Labute approximate surface area is 232 Å². The molecule has 2 aromatic rings. The summed E-state index contributed by atoms with van der Waals surface area (Å²) in [6, 6.07) is 10.2. The predicted octanol–water partition coefficient (Wildman–Crippen LogP) is 5.28. The minimum absolute atomic E-state index is 0.110. The van der Waals surface area contributed by atoms with Crippen LogP contribution in [0.3, 0.4) is 0 Å². The maximum atomic E-state index is 13.7. The number of nitrogens with one attached hydrogen (secondary N) is 1. The fourth-order valence-electron chi connectivity index (χ4n) is 5.86. The zero-order valence-electron chi connectivity index (χ0n) is 21.6. The van der Waals surface area contributed by atoms with E-state index in [9.17, 15) is 27.9 Å². The molecule has 2 aliphatic carbocycles. The van der Waals surface area contributed by atoms with E-state index in [-0.39, 0.29) is 30.8 Å². The molecule has 6 rings (SSSR count). The minimum Gasteiger partial charge on any atom is -0.368 e. The van der Waals surface area contributed by atoms with E-state index in [1.54, 1.807) is 4.90 Å². The van der Waals surface area contributed by atoms with Crippen molar-refractivity contribution in [2.75, 3.05) is 47.5 Å². The number of nitrogens with zero attached hydrogens (tertiary/aromatic N) is 4. The van der Waals surface area contributed by atoms with Crippen LogP contribution in [-0.4, -0.2) is 69.1 Å². The maximum Gasteiger partial charge on any atom is 0.282 e. The number of benzene rings is 1. The van der Waals surface area contributed by atoms with Gasteiger partial charge >= 0.3 is 0 Å². The van der Waals surface area contributed by atoms with E-state index in [0.29, 0.717) is 49.0 Å². The Morgan fingerprint density at radius 2 is 1.77 bits per heavy atom. The van der Waals surface area contributed by atoms with E-state index >= 15 is 0 Å². The topological polar surface area (TPSA) is 113 Å². The third-order valence-electron chi connectivity index (χ3n) is 8.41. The number of rotatable bonds is 6. The lowest BCUT2D eigenvalue weighted by Crippen LogP contribution is -2.56. The number of aromatic nitrogens is 1. The van der Waals surface area contributed by atoms with Crippen LogP contribution in [0.2, 0.25) is 0 Å². The van der Waals surface area contributed by atoms with Gasteiger partial charge in [0.25, 0.3) is 5.92 Å². The third-order valence-corrected chi connectivity index (χ3v) is 11.3. The van der Waals surface area contributed by atoms with E-state index in [4.69, 9.17) is 4.98 Å². The summed E-state index contributed by atoms with van der Waals surface area (Å²) in [6.45, 7) is 0.436. The van der Waals surface area contributed by atoms with Crippen molar-refractivity contribution in [2.45, 2.75) is 55.9 Å². The monoisotopic (exact) mass is 577 g/mol. The van der Waals surface area contributed by atoms with Gasteiger partial charge in [0, 0.05) is 30.6 Å².